The highest BCUT2D eigenvalue weighted by Crippen LogP contribution is 2.43. The van der Waals surface area contributed by atoms with E-state index in [1.54, 1.807) is 24.3 Å². The molecule has 2 unspecified atom stereocenters. The van der Waals surface area contributed by atoms with Crippen molar-refractivity contribution in [2.75, 3.05) is 20.8 Å². The molecule has 0 fully saturated rings. The summed E-state index contributed by atoms with van der Waals surface area (Å²) < 4.78 is 9.56. The Kier molecular flexibility index (Phi) is 4.97. The third-order valence-electron chi connectivity index (χ3n) is 4.41. The van der Waals surface area contributed by atoms with Gasteiger partial charge in [-0.15, -0.1) is 0 Å². The van der Waals surface area contributed by atoms with Crippen molar-refractivity contribution in [3.8, 4) is 0 Å². The Labute approximate surface area is 159 Å². The number of carbonyl (C=O) groups excluding carboxylic acids is 3. The molecule has 2 aliphatic heterocycles. The zero-order valence-electron chi connectivity index (χ0n) is 13.9. The van der Waals surface area contributed by atoms with E-state index in [9.17, 15) is 14.4 Å². The van der Waals surface area contributed by atoms with Gasteiger partial charge in [0.25, 0.3) is 0 Å². The van der Waals surface area contributed by atoms with Crippen LogP contribution in [0.1, 0.15) is 11.5 Å². The molecule has 26 heavy (non-hydrogen) atoms. The summed E-state index contributed by atoms with van der Waals surface area (Å²) in [6.45, 7) is 0.0570. The van der Waals surface area contributed by atoms with Crippen molar-refractivity contribution in [2.45, 2.75) is 5.92 Å². The van der Waals surface area contributed by atoms with E-state index in [0.717, 1.165) is 0 Å². The number of esters is 1. The monoisotopic (exact) mass is 394 g/mol. The Hall–Kier alpha value is -2.45. The van der Waals surface area contributed by atoms with Gasteiger partial charge in [0, 0.05) is 22.2 Å². The number of rotatable bonds is 2. The van der Waals surface area contributed by atoms with E-state index in [2.05, 4.69) is 5.32 Å². The van der Waals surface area contributed by atoms with Gasteiger partial charge in [-0.2, -0.15) is 0 Å². The smallest absolute Gasteiger partial charge is 0.415 e. The van der Waals surface area contributed by atoms with E-state index in [-0.39, 0.29) is 11.5 Å². The van der Waals surface area contributed by atoms with E-state index in [4.69, 9.17) is 33.3 Å². The Morgan fingerprint density at radius 2 is 1.96 bits per heavy atom. The molecular formula is C17H15ClN2O5S. The minimum Gasteiger partial charge on any atom is -0.468 e. The van der Waals surface area contributed by atoms with Crippen molar-refractivity contribution >= 4 is 46.8 Å². The van der Waals surface area contributed by atoms with Gasteiger partial charge in [0.1, 0.15) is 10.9 Å². The summed E-state index contributed by atoms with van der Waals surface area (Å²) in [5.74, 6) is -3.18. The van der Waals surface area contributed by atoms with Crippen LogP contribution in [0.3, 0.4) is 0 Å². The van der Waals surface area contributed by atoms with Crippen molar-refractivity contribution in [1.29, 1.82) is 0 Å². The first-order chi connectivity index (χ1) is 12.4. The number of amides is 2. The van der Waals surface area contributed by atoms with Crippen LogP contribution in [0.15, 0.2) is 35.5 Å². The summed E-state index contributed by atoms with van der Waals surface area (Å²) in [6.07, 6.45) is -0.647. The number of methoxy groups -OCH3 is 2. The van der Waals surface area contributed by atoms with Gasteiger partial charge >= 0.3 is 12.1 Å². The maximum atomic E-state index is 12.6. The van der Waals surface area contributed by atoms with Crippen molar-refractivity contribution in [3.05, 3.63) is 46.1 Å². The molecule has 0 saturated carbocycles. The first-order valence-corrected chi connectivity index (χ1v) is 8.45. The fourth-order valence-electron chi connectivity index (χ4n) is 3.25. The van der Waals surface area contributed by atoms with Gasteiger partial charge in [0.15, 0.2) is 0 Å². The lowest BCUT2D eigenvalue weighted by Gasteiger charge is -2.31. The van der Waals surface area contributed by atoms with E-state index >= 15 is 0 Å². The van der Waals surface area contributed by atoms with Gasteiger partial charge in [-0.05, 0) is 11.6 Å². The van der Waals surface area contributed by atoms with Gasteiger partial charge < -0.3 is 14.8 Å². The molecule has 0 aromatic heterocycles. The third kappa shape index (κ3) is 2.85. The molecule has 2 atom stereocenters. The van der Waals surface area contributed by atoms with E-state index < -0.39 is 29.8 Å². The summed E-state index contributed by atoms with van der Waals surface area (Å²) in [4.78, 5) is 38.4. The summed E-state index contributed by atoms with van der Waals surface area (Å²) in [7, 11) is 2.44. The molecule has 0 aliphatic carbocycles. The quantitative estimate of drug-likeness (QED) is 0.469. The van der Waals surface area contributed by atoms with Gasteiger partial charge in [-0.25, -0.2) is 4.79 Å². The van der Waals surface area contributed by atoms with Gasteiger partial charge in [0.2, 0.25) is 5.91 Å². The highest BCUT2D eigenvalue weighted by molar-refractivity contribution is 7.80. The number of thiocarbonyl (C=S) groups is 1. The standard InChI is InChI=1S/C17H15ClN2O5S/c1-24-16(22)13-11(8-5-3-4-6-9(8)18)12-10(19-14(13)21)7-20(15(12)26)17(23)25-2/h3-6,11,13H,7H2,1-2H3,(H,19,21). The minimum absolute atomic E-state index is 0.0570. The zero-order valence-corrected chi connectivity index (χ0v) is 15.5. The number of ether oxygens (including phenoxy) is 2. The SMILES string of the molecule is COC(=O)C1C(=O)NC2=C(C(=S)N(C(=O)OC)C2)C1c1ccccc1Cl. The number of nitrogens with one attached hydrogen (secondary N) is 1. The summed E-state index contributed by atoms with van der Waals surface area (Å²) in [5.41, 5.74) is 1.50. The van der Waals surface area contributed by atoms with Crippen LogP contribution in [0, 0.1) is 5.92 Å². The van der Waals surface area contributed by atoms with Crippen LogP contribution < -0.4 is 5.32 Å². The van der Waals surface area contributed by atoms with Gasteiger partial charge in [-0.3, -0.25) is 14.5 Å². The number of hydrogen-bond acceptors (Lipinski definition) is 6. The van der Waals surface area contributed by atoms with Crippen LogP contribution in [0.25, 0.3) is 0 Å². The molecule has 2 heterocycles. The second-order valence-corrected chi connectivity index (χ2v) is 6.54. The fraction of sp³-hybridized carbons (Fsp3) is 0.294. The molecule has 0 spiro atoms. The zero-order chi connectivity index (χ0) is 19.0. The molecule has 2 aliphatic rings. The third-order valence-corrected chi connectivity index (χ3v) is 5.19. The molecule has 0 bridgehead atoms. The van der Waals surface area contributed by atoms with Crippen molar-refractivity contribution in [3.63, 3.8) is 0 Å². The average molecular weight is 395 g/mol. The number of hydrogen-bond donors (Lipinski definition) is 1. The topological polar surface area (TPSA) is 84.9 Å². The first kappa shape index (κ1) is 18.3. The first-order valence-electron chi connectivity index (χ1n) is 7.66. The molecule has 3 rings (SSSR count). The molecule has 136 valence electrons. The molecule has 0 saturated heterocycles. The Balaban J connectivity index is 2.16. The van der Waals surface area contributed by atoms with Crippen LogP contribution in [0.5, 0.6) is 0 Å². The van der Waals surface area contributed by atoms with Crippen LogP contribution in [0.4, 0.5) is 4.79 Å². The molecule has 0 radical (unpaired) electrons. The van der Waals surface area contributed by atoms with Crippen LogP contribution >= 0.6 is 23.8 Å². The molecule has 1 aromatic rings. The largest absolute Gasteiger partial charge is 0.468 e. The van der Waals surface area contributed by atoms with Crippen LogP contribution in [-0.4, -0.2) is 48.6 Å². The number of nitrogens with zero attached hydrogens (tertiary/aromatic N) is 1. The Bertz CT molecular complexity index is 853. The molecule has 2 amide bonds. The maximum absolute atomic E-state index is 12.6. The van der Waals surface area contributed by atoms with Crippen LogP contribution in [-0.2, 0) is 19.1 Å². The lowest BCUT2D eigenvalue weighted by molar-refractivity contribution is -0.150. The molecular weight excluding hydrogens is 380 g/mol. The Morgan fingerprint density at radius 1 is 1.27 bits per heavy atom. The highest BCUT2D eigenvalue weighted by Gasteiger charge is 2.49. The minimum atomic E-state index is -1.17. The summed E-state index contributed by atoms with van der Waals surface area (Å²) in [5, 5.41) is 3.04. The van der Waals surface area contributed by atoms with Gasteiger partial charge in [0.05, 0.1) is 20.8 Å². The fourth-order valence-corrected chi connectivity index (χ4v) is 3.89. The van der Waals surface area contributed by atoms with Gasteiger partial charge in [-0.1, -0.05) is 42.0 Å². The predicted octanol–water partition coefficient (Wildman–Crippen LogP) is 2.01. The molecule has 9 heteroatoms. The molecule has 1 N–H and O–H groups in total. The number of benzene rings is 1. The lowest BCUT2D eigenvalue weighted by atomic mass is 9.77. The van der Waals surface area contributed by atoms with E-state index in [0.29, 0.717) is 21.9 Å². The van der Waals surface area contributed by atoms with Crippen molar-refractivity contribution in [2.24, 2.45) is 5.92 Å². The maximum Gasteiger partial charge on any atom is 0.415 e. The summed E-state index contributed by atoms with van der Waals surface area (Å²) in [6, 6.07) is 6.87. The van der Waals surface area contributed by atoms with E-state index in [1.165, 1.54) is 19.1 Å². The second-order valence-electron chi connectivity index (χ2n) is 5.74. The highest BCUT2D eigenvalue weighted by atomic mass is 35.5. The number of halogens is 1. The molecule has 1 aromatic carbocycles. The lowest BCUT2D eigenvalue weighted by Crippen LogP contribution is -2.44. The average Bonchev–Trinajstić information content (AvgIpc) is 2.96. The molecule has 7 nitrogen and oxygen atoms in total. The Morgan fingerprint density at radius 3 is 2.58 bits per heavy atom. The van der Waals surface area contributed by atoms with E-state index in [1.807, 2.05) is 0 Å². The summed E-state index contributed by atoms with van der Waals surface area (Å²) >= 11 is 11.8. The second kappa shape index (κ2) is 7.05. The number of carbonyl (C=O) groups is 3. The van der Waals surface area contributed by atoms with Crippen molar-refractivity contribution in [1.82, 2.24) is 10.2 Å². The normalized spacial score (nSPS) is 22.0. The van der Waals surface area contributed by atoms with Crippen molar-refractivity contribution < 1.29 is 23.9 Å². The van der Waals surface area contributed by atoms with Crippen LogP contribution in [0.2, 0.25) is 5.02 Å². The predicted molar refractivity (Wildman–Crippen MR) is 96.6 cm³/mol.